The average molecular weight is 486 g/mol. The van der Waals surface area contributed by atoms with Gasteiger partial charge in [-0.05, 0) is 61.2 Å². The lowest BCUT2D eigenvalue weighted by molar-refractivity contribution is -0.0498. The molecular weight excluding hydrogens is 459 g/mol. The summed E-state index contributed by atoms with van der Waals surface area (Å²) in [5.41, 5.74) is 1.13. The normalized spacial score (nSPS) is 14.3. The first-order valence-electron chi connectivity index (χ1n) is 11.3. The second kappa shape index (κ2) is 10.7. The number of rotatable bonds is 7. The van der Waals surface area contributed by atoms with Crippen LogP contribution in [0.15, 0.2) is 71.7 Å². The fourth-order valence-electron chi connectivity index (χ4n) is 4.37. The van der Waals surface area contributed by atoms with Gasteiger partial charge in [-0.2, -0.15) is 8.78 Å². The number of carbonyl (C=O) groups is 1. The van der Waals surface area contributed by atoms with Crippen molar-refractivity contribution in [3.8, 4) is 11.4 Å². The summed E-state index contributed by atoms with van der Waals surface area (Å²) in [6, 6.07) is 15.2. The number of pyridine rings is 1. The third kappa shape index (κ3) is 5.85. The zero-order chi connectivity index (χ0) is 24.9. The molecule has 4 rings (SSSR count). The third-order valence-electron chi connectivity index (χ3n) is 6.19. The van der Waals surface area contributed by atoms with Gasteiger partial charge >= 0.3 is 6.61 Å². The maximum atomic E-state index is 14.9. The quantitative estimate of drug-likeness (QED) is 0.492. The summed E-state index contributed by atoms with van der Waals surface area (Å²) >= 11 is 0. The Morgan fingerprint density at radius 3 is 2.43 bits per heavy atom. The van der Waals surface area contributed by atoms with Crippen LogP contribution in [0.1, 0.15) is 23.2 Å². The topological polar surface area (TPSA) is 54.8 Å². The first-order valence-corrected chi connectivity index (χ1v) is 11.3. The Bertz CT molecular complexity index is 1220. The zero-order valence-electron chi connectivity index (χ0n) is 19.2. The van der Waals surface area contributed by atoms with Crippen LogP contribution in [0.4, 0.5) is 18.9 Å². The number of piperidine rings is 1. The number of halogens is 3. The Labute approximate surface area is 201 Å². The predicted molar refractivity (Wildman–Crippen MR) is 127 cm³/mol. The first-order chi connectivity index (χ1) is 16.8. The van der Waals surface area contributed by atoms with E-state index >= 15 is 0 Å². The number of carbonyl (C=O) groups excluding carboxylic acids is 1. The molecule has 0 atom stereocenters. The predicted octanol–water partition coefficient (Wildman–Crippen LogP) is 4.57. The number of hydrogen-bond acceptors (Lipinski definition) is 4. The second-order valence-corrected chi connectivity index (χ2v) is 8.56. The summed E-state index contributed by atoms with van der Waals surface area (Å²) in [6.07, 6.45) is 3.18. The van der Waals surface area contributed by atoms with Gasteiger partial charge in [-0.15, -0.1) is 0 Å². The molecule has 0 saturated carbocycles. The van der Waals surface area contributed by atoms with Gasteiger partial charge in [0, 0.05) is 50.6 Å². The smallest absolute Gasteiger partial charge is 0.387 e. The molecule has 2 heterocycles. The summed E-state index contributed by atoms with van der Waals surface area (Å²) in [6.45, 7) is -1.08. The number of alkyl halides is 2. The van der Waals surface area contributed by atoms with E-state index in [2.05, 4.69) is 4.74 Å². The molecule has 6 nitrogen and oxygen atoms in total. The van der Waals surface area contributed by atoms with Crippen molar-refractivity contribution in [3.05, 3.63) is 88.6 Å². The first kappa shape index (κ1) is 24.4. The molecule has 0 bridgehead atoms. The van der Waals surface area contributed by atoms with E-state index in [0.717, 1.165) is 12.8 Å². The van der Waals surface area contributed by atoms with Gasteiger partial charge in [0.25, 0.3) is 11.5 Å². The lowest BCUT2D eigenvalue weighted by Crippen LogP contribution is -2.39. The van der Waals surface area contributed by atoms with Crippen molar-refractivity contribution < 1.29 is 22.7 Å². The van der Waals surface area contributed by atoms with Gasteiger partial charge in [-0.1, -0.05) is 6.07 Å². The Kier molecular flexibility index (Phi) is 7.43. The molecule has 1 aromatic heterocycles. The maximum absolute atomic E-state index is 14.9. The number of nitrogens with zero attached hydrogens (tertiary/aromatic N) is 3. The molecule has 3 aromatic rings. The number of aromatic nitrogens is 1. The van der Waals surface area contributed by atoms with Crippen molar-refractivity contribution in [1.29, 1.82) is 0 Å². The molecule has 0 unspecified atom stereocenters. The summed E-state index contributed by atoms with van der Waals surface area (Å²) in [5, 5.41) is 0. The van der Waals surface area contributed by atoms with E-state index in [-0.39, 0.29) is 29.0 Å². The minimum Gasteiger partial charge on any atom is -0.435 e. The highest BCUT2D eigenvalue weighted by Crippen LogP contribution is 2.28. The number of hydrogen-bond donors (Lipinski definition) is 0. The van der Waals surface area contributed by atoms with E-state index in [1.165, 1.54) is 41.0 Å². The lowest BCUT2D eigenvalue weighted by atomic mass is 9.95. The Hall–Kier alpha value is -3.75. The molecule has 2 aromatic carbocycles. The Balaban J connectivity index is 1.33. The van der Waals surface area contributed by atoms with E-state index < -0.39 is 6.61 Å². The summed E-state index contributed by atoms with van der Waals surface area (Å²) in [5.74, 6) is -0.327. The fourth-order valence-corrected chi connectivity index (χ4v) is 4.37. The van der Waals surface area contributed by atoms with Crippen molar-refractivity contribution in [1.82, 2.24) is 9.47 Å². The fraction of sp³-hybridized carbons (Fsp3) is 0.308. The van der Waals surface area contributed by atoms with Gasteiger partial charge in [-0.3, -0.25) is 14.2 Å². The molecular formula is C26H26F3N3O3. The summed E-state index contributed by atoms with van der Waals surface area (Å²) in [7, 11) is 1.71. The van der Waals surface area contributed by atoms with Crippen molar-refractivity contribution in [3.63, 3.8) is 0 Å². The van der Waals surface area contributed by atoms with Gasteiger partial charge in [0.15, 0.2) is 0 Å². The third-order valence-corrected chi connectivity index (χ3v) is 6.19. The van der Waals surface area contributed by atoms with Crippen LogP contribution in [0.25, 0.3) is 5.69 Å². The average Bonchev–Trinajstić information content (AvgIpc) is 2.84. The highest BCUT2D eigenvalue weighted by Gasteiger charge is 2.24. The second-order valence-electron chi connectivity index (χ2n) is 8.56. The number of benzene rings is 2. The minimum atomic E-state index is -2.91. The van der Waals surface area contributed by atoms with Crippen LogP contribution in [0.5, 0.6) is 5.75 Å². The number of anilines is 1. The van der Waals surface area contributed by atoms with E-state index in [1.807, 2.05) is 4.90 Å². The largest absolute Gasteiger partial charge is 0.435 e. The molecule has 0 aliphatic carbocycles. The van der Waals surface area contributed by atoms with Crippen molar-refractivity contribution in [2.75, 3.05) is 31.6 Å². The molecule has 184 valence electrons. The van der Waals surface area contributed by atoms with Crippen LogP contribution in [-0.4, -0.2) is 48.7 Å². The maximum Gasteiger partial charge on any atom is 0.387 e. The zero-order valence-corrected chi connectivity index (χ0v) is 19.2. The molecule has 0 spiro atoms. The van der Waals surface area contributed by atoms with Crippen molar-refractivity contribution in [2.24, 2.45) is 5.92 Å². The van der Waals surface area contributed by atoms with Crippen molar-refractivity contribution >= 4 is 11.6 Å². The monoisotopic (exact) mass is 485 g/mol. The van der Waals surface area contributed by atoms with Crippen molar-refractivity contribution in [2.45, 2.75) is 19.5 Å². The minimum absolute atomic E-state index is 0.00247. The van der Waals surface area contributed by atoms with E-state index in [0.29, 0.717) is 36.6 Å². The molecule has 1 saturated heterocycles. The number of ether oxygens (including phenoxy) is 1. The molecule has 0 N–H and O–H groups in total. The molecule has 1 amide bonds. The van der Waals surface area contributed by atoms with Crippen LogP contribution >= 0.6 is 0 Å². The van der Waals surface area contributed by atoms with Gasteiger partial charge in [0.1, 0.15) is 11.6 Å². The van der Waals surface area contributed by atoms with Gasteiger partial charge in [0.05, 0.1) is 11.4 Å². The highest BCUT2D eigenvalue weighted by molar-refractivity contribution is 5.94. The molecule has 9 heteroatoms. The molecule has 0 radical (unpaired) electrons. The number of amides is 1. The van der Waals surface area contributed by atoms with Crippen LogP contribution in [0.3, 0.4) is 0 Å². The summed E-state index contributed by atoms with van der Waals surface area (Å²) < 4.78 is 45.2. The molecule has 1 fully saturated rings. The van der Waals surface area contributed by atoms with Crippen LogP contribution in [0.2, 0.25) is 0 Å². The van der Waals surface area contributed by atoms with Gasteiger partial charge < -0.3 is 14.5 Å². The van der Waals surface area contributed by atoms with Gasteiger partial charge in [-0.25, -0.2) is 4.39 Å². The van der Waals surface area contributed by atoms with Crippen LogP contribution in [-0.2, 0) is 0 Å². The Morgan fingerprint density at radius 2 is 1.80 bits per heavy atom. The van der Waals surface area contributed by atoms with E-state index in [9.17, 15) is 22.8 Å². The SMILES string of the molecule is CN(CC1CCN(c2ccc(-n3ccccc3=O)cc2F)CC1)C(=O)c1ccc(OC(F)F)cc1. The van der Waals surface area contributed by atoms with Gasteiger partial charge in [0.2, 0.25) is 0 Å². The Morgan fingerprint density at radius 1 is 1.09 bits per heavy atom. The van der Waals surface area contributed by atoms with Crippen LogP contribution in [0, 0.1) is 11.7 Å². The summed E-state index contributed by atoms with van der Waals surface area (Å²) in [4.78, 5) is 28.3. The molecule has 1 aliphatic heterocycles. The standard InChI is InChI=1S/C26H26F3N3O3/c1-30(25(34)19-5-8-21(9-6-19)35-26(28)29)17-18-11-14-31(15-12-18)23-10-7-20(16-22(23)27)32-13-3-2-4-24(32)33/h2-10,13,16,18,26H,11-12,14-15,17H2,1H3. The molecule has 1 aliphatic rings. The van der Waals surface area contributed by atoms with E-state index in [4.69, 9.17) is 0 Å². The highest BCUT2D eigenvalue weighted by atomic mass is 19.3. The lowest BCUT2D eigenvalue weighted by Gasteiger charge is -2.35. The molecule has 35 heavy (non-hydrogen) atoms. The van der Waals surface area contributed by atoms with Crippen LogP contribution < -0.4 is 15.2 Å². The van der Waals surface area contributed by atoms with E-state index in [1.54, 1.807) is 42.4 Å².